The topological polar surface area (TPSA) is 85.6 Å². The summed E-state index contributed by atoms with van der Waals surface area (Å²) in [5.74, 6) is -0.391. The molecule has 7 nitrogen and oxygen atoms in total. The molecule has 0 saturated carbocycles. The van der Waals surface area contributed by atoms with E-state index in [1.807, 2.05) is 47.8 Å². The lowest BCUT2D eigenvalue weighted by molar-refractivity contribution is 0.101. The summed E-state index contributed by atoms with van der Waals surface area (Å²) in [6.45, 7) is 0. The van der Waals surface area contributed by atoms with Crippen LogP contribution in [0, 0.1) is 5.82 Å². The number of nitrogens with zero attached hydrogens (tertiary/aromatic N) is 5. The van der Waals surface area contributed by atoms with Crippen molar-refractivity contribution < 1.29 is 9.18 Å². The molecule has 31 heavy (non-hydrogen) atoms. The van der Waals surface area contributed by atoms with Crippen LogP contribution in [0.2, 0.25) is 0 Å². The Morgan fingerprint density at radius 2 is 1.77 bits per heavy atom. The fraction of sp³-hybridized carbons (Fsp3) is 0. The molecule has 0 radical (unpaired) electrons. The third-order valence-corrected chi connectivity index (χ3v) is 6.04. The smallest absolute Gasteiger partial charge is 0.294 e. The number of aromatic nitrogens is 5. The van der Waals surface area contributed by atoms with E-state index in [2.05, 4.69) is 25.6 Å². The molecule has 0 spiro atoms. The second kappa shape index (κ2) is 8.17. The Morgan fingerprint density at radius 3 is 2.52 bits per heavy atom. The summed E-state index contributed by atoms with van der Waals surface area (Å²) in [6.07, 6.45) is 0. The zero-order valence-electron chi connectivity index (χ0n) is 15.8. The maximum Gasteiger partial charge on any atom is 0.297 e. The number of carbonyl (C=O) groups excluding carboxylic acids is 1. The maximum absolute atomic E-state index is 13.4. The number of hydrogen-bond donors (Lipinski definition) is 1. The Labute approximate surface area is 183 Å². The molecule has 2 aromatic carbocycles. The van der Waals surface area contributed by atoms with Crippen molar-refractivity contribution >= 4 is 33.7 Å². The number of hydrogen-bond acceptors (Lipinski definition) is 7. The first-order chi connectivity index (χ1) is 15.2. The summed E-state index contributed by atoms with van der Waals surface area (Å²) in [4.78, 5) is 18.1. The maximum atomic E-state index is 13.4. The highest BCUT2D eigenvalue weighted by atomic mass is 32.1. The third-order valence-electron chi connectivity index (χ3n) is 4.29. The normalized spacial score (nSPS) is 10.9. The molecule has 1 N–H and O–H groups in total. The fourth-order valence-corrected chi connectivity index (χ4v) is 4.30. The summed E-state index contributed by atoms with van der Waals surface area (Å²) in [5, 5.41) is 18.2. The van der Waals surface area contributed by atoms with Crippen molar-refractivity contribution in [1.82, 2.24) is 25.0 Å². The molecule has 3 heterocycles. The van der Waals surface area contributed by atoms with Crippen molar-refractivity contribution in [2.75, 3.05) is 5.32 Å². The van der Waals surface area contributed by atoms with E-state index in [4.69, 9.17) is 0 Å². The molecule has 0 aliphatic heterocycles. The van der Waals surface area contributed by atoms with Gasteiger partial charge in [0.1, 0.15) is 10.8 Å². The quantitative estimate of drug-likeness (QED) is 0.413. The van der Waals surface area contributed by atoms with Crippen LogP contribution in [0.15, 0.2) is 72.1 Å². The van der Waals surface area contributed by atoms with E-state index in [-0.39, 0.29) is 11.6 Å². The molecular formula is C21H13FN6OS2. The molecule has 0 bridgehead atoms. The average Bonchev–Trinajstić information content (AvgIpc) is 3.55. The highest BCUT2D eigenvalue weighted by molar-refractivity contribution is 7.18. The van der Waals surface area contributed by atoms with Crippen LogP contribution in [0.5, 0.6) is 0 Å². The molecule has 0 saturated heterocycles. The van der Waals surface area contributed by atoms with Gasteiger partial charge in [0.2, 0.25) is 11.0 Å². The number of amides is 1. The van der Waals surface area contributed by atoms with Crippen LogP contribution in [0.4, 0.5) is 9.52 Å². The van der Waals surface area contributed by atoms with Crippen LogP contribution in [-0.2, 0) is 0 Å². The molecule has 0 fully saturated rings. The summed E-state index contributed by atoms with van der Waals surface area (Å²) < 4.78 is 14.9. The van der Waals surface area contributed by atoms with Gasteiger partial charge in [-0.1, -0.05) is 47.7 Å². The van der Waals surface area contributed by atoms with Crippen molar-refractivity contribution in [2.45, 2.75) is 0 Å². The lowest BCUT2D eigenvalue weighted by atomic mass is 10.2. The number of carbonyl (C=O) groups is 1. The molecule has 0 aliphatic rings. The molecule has 5 aromatic rings. The highest BCUT2D eigenvalue weighted by Crippen LogP contribution is 2.28. The average molecular weight is 449 g/mol. The lowest BCUT2D eigenvalue weighted by Crippen LogP contribution is -2.14. The molecule has 1 amide bonds. The van der Waals surface area contributed by atoms with Gasteiger partial charge in [-0.05, 0) is 35.7 Å². The molecule has 0 aliphatic carbocycles. The number of thiophene rings is 1. The van der Waals surface area contributed by atoms with Crippen LogP contribution in [-0.4, -0.2) is 30.9 Å². The summed E-state index contributed by atoms with van der Waals surface area (Å²) in [5.41, 5.74) is 1.51. The van der Waals surface area contributed by atoms with E-state index in [1.54, 1.807) is 12.1 Å². The molecule has 10 heteroatoms. The molecular weight excluding hydrogens is 435 g/mol. The van der Waals surface area contributed by atoms with Gasteiger partial charge in [0, 0.05) is 5.56 Å². The largest absolute Gasteiger partial charge is 0.297 e. The van der Waals surface area contributed by atoms with Crippen LogP contribution < -0.4 is 5.32 Å². The Hall–Kier alpha value is -3.76. The summed E-state index contributed by atoms with van der Waals surface area (Å²) in [6, 6.07) is 19.2. The molecule has 0 unspecified atom stereocenters. The van der Waals surface area contributed by atoms with Gasteiger partial charge in [0.15, 0.2) is 5.82 Å². The first-order valence-electron chi connectivity index (χ1n) is 9.14. The van der Waals surface area contributed by atoms with Crippen LogP contribution in [0.3, 0.4) is 0 Å². The monoisotopic (exact) mass is 448 g/mol. The molecule has 0 atom stereocenters. The minimum Gasteiger partial charge on any atom is -0.294 e. The Morgan fingerprint density at radius 1 is 0.968 bits per heavy atom. The van der Waals surface area contributed by atoms with Gasteiger partial charge >= 0.3 is 0 Å². The standard InChI is InChI=1S/C21H13FN6OS2/c22-14-8-10-15(11-9-14)28-18(16-7-4-12-30-16)23-17(27-28)19(29)24-21-26-25-20(31-21)13-5-2-1-3-6-13/h1-12H,(H,24,26,29). The number of halogens is 1. The summed E-state index contributed by atoms with van der Waals surface area (Å²) in [7, 11) is 0. The number of benzene rings is 2. The van der Waals surface area contributed by atoms with E-state index >= 15 is 0 Å². The van der Waals surface area contributed by atoms with Crippen molar-refractivity contribution in [3.63, 3.8) is 0 Å². The van der Waals surface area contributed by atoms with Crippen LogP contribution in [0.1, 0.15) is 10.6 Å². The van der Waals surface area contributed by atoms with E-state index in [0.717, 1.165) is 10.4 Å². The van der Waals surface area contributed by atoms with E-state index in [0.29, 0.717) is 21.7 Å². The van der Waals surface area contributed by atoms with Crippen molar-refractivity contribution in [3.05, 3.63) is 83.8 Å². The van der Waals surface area contributed by atoms with Gasteiger partial charge in [-0.3, -0.25) is 10.1 Å². The van der Waals surface area contributed by atoms with Gasteiger partial charge in [0.05, 0.1) is 10.6 Å². The minimum atomic E-state index is -0.505. The van der Waals surface area contributed by atoms with Crippen LogP contribution >= 0.6 is 22.7 Å². The Bertz CT molecular complexity index is 1330. The predicted octanol–water partition coefficient (Wildman–Crippen LogP) is 4.91. The first kappa shape index (κ1) is 19.2. The van der Waals surface area contributed by atoms with Gasteiger partial charge in [-0.25, -0.2) is 14.1 Å². The van der Waals surface area contributed by atoms with E-state index < -0.39 is 5.91 Å². The predicted molar refractivity (Wildman–Crippen MR) is 118 cm³/mol. The van der Waals surface area contributed by atoms with Crippen molar-refractivity contribution in [3.8, 4) is 27.0 Å². The molecule has 152 valence electrons. The van der Waals surface area contributed by atoms with Gasteiger partial charge in [0.25, 0.3) is 5.91 Å². The minimum absolute atomic E-state index is 0.0239. The zero-order valence-corrected chi connectivity index (χ0v) is 17.4. The molecule has 5 rings (SSSR count). The summed E-state index contributed by atoms with van der Waals surface area (Å²) >= 11 is 2.73. The van der Waals surface area contributed by atoms with Crippen LogP contribution in [0.25, 0.3) is 27.0 Å². The highest BCUT2D eigenvalue weighted by Gasteiger charge is 2.21. The number of rotatable bonds is 5. The van der Waals surface area contributed by atoms with Crippen molar-refractivity contribution in [2.24, 2.45) is 0 Å². The lowest BCUT2D eigenvalue weighted by Gasteiger charge is -2.03. The molecule has 3 aromatic heterocycles. The van der Waals surface area contributed by atoms with E-state index in [1.165, 1.54) is 39.5 Å². The number of nitrogens with one attached hydrogen (secondary N) is 1. The SMILES string of the molecule is O=C(Nc1nnc(-c2ccccc2)s1)c1nc(-c2cccs2)n(-c2ccc(F)cc2)n1. The van der Waals surface area contributed by atoms with Gasteiger partial charge < -0.3 is 0 Å². The Kier molecular flexibility index (Phi) is 5.06. The first-order valence-corrected chi connectivity index (χ1v) is 10.8. The third kappa shape index (κ3) is 3.98. The van der Waals surface area contributed by atoms with Gasteiger partial charge in [-0.2, -0.15) is 0 Å². The zero-order chi connectivity index (χ0) is 21.2. The number of anilines is 1. The van der Waals surface area contributed by atoms with Gasteiger partial charge in [-0.15, -0.1) is 26.6 Å². The van der Waals surface area contributed by atoms with Crippen molar-refractivity contribution in [1.29, 1.82) is 0 Å². The second-order valence-electron chi connectivity index (χ2n) is 6.36. The van der Waals surface area contributed by atoms with E-state index in [9.17, 15) is 9.18 Å². The Balaban J connectivity index is 1.45. The second-order valence-corrected chi connectivity index (χ2v) is 8.28. The fourth-order valence-electron chi connectivity index (χ4n) is 2.86.